The molecule has 0 aromatic heterocycles. The van der Waals surface area contributed by atoms with E-state index < -0.39 is 0 Å². The van der Waals surface area contributed by atoms with E-state index in [4.69, 9.17) is 0 Å². The van der Waals surface area contributed by atoms with Crippen molar-refractivity contribution in [3.63, 3.8) is 0 Å². The molecule has 0 spiro atoms. The molecule has 0 radical (unpaired) electrons. The standard InChI is InChI=1S/C19H24IN/c1-3-8-15-9-7-10-16(14-15)19(21-13-4-2)17-11-5-6-12-18(17)20/h5-7,9-12,14,19,21H,3-4,8,13H2,1-2H3. The van der Waals surface area contributed by atoms with E-state index in [1.807, 2.05) is 0 Å². The Labute approximate surface area is 142 Å². The third-order valence-electron chi connectivity index (χ3n) is 3.64. The zero-order valence-corrected chi connectivity index (χ0v) is 15.1. The van der Waals surface area contributed by atoms with Crippen LogP contribution in [-0.2, 0) is 6.42 Å². The van der Waals surface area contributed by atoms with Crippen LogP contribution in [0.3, 0.4) is 0 Å². The van der Waals surface area contributed by atoms with E-state index in [1.165, 1.54) is 26.7 Å². The number of hydrogen-bond donors (Lipinski definition) is 1. The Morgan fingerprint density at radius 2 is 1.81 bits per heavy atom. The van der Waals surface area contributed by atoms with Crippen LogP contribution < -0.4 is 5.32 Å². The summed E-state index contributed by atoms with van der Waals surface area (Å²) in [5.74, 6) is 0. The molecule has 0 saturated carbocycles. The summed E-state index contributed by atoms with van der Waals surface area (Å²) in [5.41, 5.74) is 4.18. The second kappa shape index (κ2) is 8.54. The number of rotatable bonds is 7. The predicted molar refractivity (Wildman–Crippen MR) is 99.7 cm³/mol. The highest BCUT2D eigenvalue weighted by molar-refractivity contribution is 14.1. The summed E-state index contributed by atoms with van der Waals surface area (Å²) in [4.78, 5) is 0. The molecule has 0 bridgehead atoms. The van der Waals surface area contributed by atoms with E-state index in [0.717, 1.165) is 19.4 Å². The fourth-order valence-corrected chi connectivity index (χ4v) is 3.32. The van der Waals surface area contributed by atoms with Gasteiger partial charge in [0.1, 0.15) is 0 Å². The van der Waals surface area contributed by atoms with Crippen molar-refractivity contribution in [3.05, 3.63) is 68.8 Å². The van der Waals surface area contributed by atoms with Crippen LogP contribution in [-0.4, -0.2) is 6.54 Å². The quantitative estimate of drug-likeness (QED) is 0.627. The molecule has 112 valence electrons. The van der Waals surface area contributed by atoms with Crippen LogP contribution >= 0.6 is 22.6 Å². The van der Waals surface area contributed by atoms with Crippen LogP contribution in [0, 0.1) is 3.57 Å². The number of hydrogen-bond acceptors (Lipinski definition) is 1. The van der Waals surface area contributed by atoms with Crippen molar-refractivity contribution in [2.75, 3.05) is 6.54 Å². The van der Waals surface area contributed by atoms with Crippen LogP contribution in [0.4, 0.5) is 0 Å². The highest BCUT2D eigenvalue weighted by Crippen LogP contribution is 2.27. The van der Waals surface area contributed by atoms with Gasteiger partial charge in [0.2, 0.25) is 0 Å². The molecule has 0 aliphatic rings. The van der Waals surface area contributed by atoms with Gasteiger partial charge in [0.25, 0.3) is 0 Å². The Morgan fingerprint density at radius 1 is 1.00 bits per heavy atom. The normalized spacial score (nSPS) is 12.3. The summed E-state index contributed by atoms with van der Waals surface area (Å²) >= 11 is 2.44. The van der Waals surface area contributed by atoms with Crippen LogP contribution in [0.25, 0.3) is 0 Å². The van der Waals surface area contributed by atoms with Crippen molar-refractivity contribution in [2.45, 2.75) is 39.2 Å². The van der Waals surface area contributed by atoms with Gasteiger partial charge in [0, 0.05) is 3.57 Å². The minimum atomic E-state index is 0.287. The second-order valence-corrected chi connectivity index (χ2v) is 6.57. The van der Waals surface area contributed by atoms with Crippen LogP contribution in [0.1, 0.15) is 49.4 Å². The first-order valence-corrected chi connectivity index (χ1v) is 8.90. The summed E-state index contributed by atoms with van der Waals surface area (Å²) < 4.78 is 1.32. The zero-order chi connectivity index (χ0) is 15.1. The summed E-state index contributed by atoms with van der Waals surface area (Å²) in [6, 6.07) is 18.0. The van der Waals surface area contributed by atoms with Crippen LogP contribution in [0.2, 0.25) is 0 Å². The highest BCUT2D eigenvalue weighted by atomic mass is 127. The Hall–Kier alpha value is -0.870. The molecular formula is C19H24IN. The third-order valence-corrected chi connectivity index (χ3v) is 4.62. The van der Waals surface area contributed by atoms with Crippen molar-refractivity contribution in [2.24, 2.45) is 0 Å². The molecule has 1 N–H and O–H groups in total. The molecule has 0 amide bonds. The van der Waals surface area contributed by atoms with Crippen LogP contribution in [0.15, 0.2) is 48.5 Å². The van der Waals surface area contributed by atoms with Gasteiger partial charge in [-0.05, 0) is 64.7 Å². The minimum absolute atomic E-state index is 0.287. The molecule has 1 nitrogen and oxygen atoms in total. The molecule has 2 aromatic carbocycles. The van der Waals surface area contributed by atoms with Gasteiger partial charge in [-0.3, -0.25) is 0 Å². The lowest BCUT2D eigenvalue weighted by Crippen LogP contribution is -2.24. The van der Waals surface area contributed by atoms with Gasteiger partial charge < -0.3 is 5.32 Å². The summed E-state index contributed by atoms with van der Waals surface area (Å²) in [6.07, 6.45) is 3.49. The van der Waals surface area contributed by atoms with Crippen molar-refractivity contribution < 1.29 is 0 Å². The molecule has 2 heteroatoms. The molecule has 0 aliphatic heterocycles. The summed E-state index contributed by atoms with van der Waals surface area (Å²) in [5, 5.41) is 3.71. The maximum Gasteiger partial charge on any atom is 0.0587 e. The Balaban J connectivity index is 2.36. The lowest BCUT2D eigenvalue weighted by molar-refractivity contribution is 0.596. The molecule has 0 heterocycles. The van der Waals surface area contributed by atoms with Gasteiger partial charge in [-0.25, -0.2) is 0 Å². The first kappa shape index (κ1) is 16.5. The van der Waals surface area contributed by atoms with E-state index >= 15 is 0 Å². The Kier molecular flexibility index (Phi) is 6.71. The number of halogens is 1. The van der Waals surface area contributed by atoms with Crippen molar-refractivity contribution in [1.82, 2.24) is 5.32 Å². The molecule has 0 aliphatic carbocycles. The maximum atomic E-state index is 3.71. The number of aryl methyl sites for hydroxylation is 1. The van der Waals surface area contributed by atoms with Gasteiger partial charge in [-0.1, -0.05) is 62.7 Å². The SMILES string of the molecule is CCCNC(c1cccc(CCC)c1)c1ccccc1I. The Morgan fingerprint density at radius 3 is 2.52 bits per heavy atom. The first-order chi connectivity index (χ1) is 10.3. The summed E-state index contributed by atoms with van der Waals surface area (Å²) in [6.45, 7) is 5.49. The largest absolute Gasteiger partial charge is 0.306 e. The van der Waals surface area contributed by atoms with Gasteiger partial charge in [0.05, 0.1) is 6.04 Å². The average molecular weight is 393 g/mol. The molecule has 2 aromatic rings. The van der Waals surface area contributed by atoms with Gasteiger partial charge in [0.15, 0.2) is 0 Å². The van der Waals surface area contributed by atoms with Crippen molar-refractivity contribution >= 4 is 22.6 Å². The Bertz CT molecular complexity index is 565. The molecular weight excluding hydrogens is 369 g/mol. The first-order valence-electron chi connectivity index (χ1n) is 7.83. The van der Waals surface area contributed by atoms with E-state index in [9.17, 15) is 0 Å². The molecule has 0 saturated heterocycles. The second-order valence-electron chi connectivity index (χ2n) is 5.40. The van der Waals surface area contributed by atoms with Crippen molar-refractivity contribution in [1.29, 1.82) is 0 Å². The number of benzene rings is 2. The molecule has 21 heavy (non-hydrogen) atoms. The maximum absolute atomic E-state index is 3.71. The predicted octanol–water partition coefficient (Wildman–Crippen LogP) is 5.33. The minimum Gasteiger partial charge on any atom is -0.306 e. The van der Waals surface area contributed by atoms with E-state index in [2.05, 4.69) is 90.3 Å². The van der Waals surface area contributed by atoms with Gasteiger partial charge in [-0.15, -0.1) is 0 Å². The average Bonchev–Trinajstić information content (AvgIpc) is 2.50. The van der Waals surface area contributed by atoms with E-state index in [1.54, 1.807) is 0 Å². The monoisotopic (exact) mass is 393 g/mol. The van der Waals surface area contributed by atoms with E-state index in [-0.39, 0.29) is 6.04 Å². The smallest absolute Gasteiger partial charge is 0.0587 e. The van der Waals surface area contributed by atoms with Crippen LogP contribution in [0.5, 0.6) is 0 Å². The molecule has 2 rings (SSSR count). The number of nitrogens with one attached hydrogen (secondary N) is 1. The zero-order valence-electron chi connectivity index (χ0n) is 12.9. The molecule has 1 unspecified atom stereocenters. The fraction of sp³-hybridized carbons (Fsp3) is 0.368. The topological polar surface area (TPSA) is 12.0 Å². The fourth-order valence-electron chi connectivity index (χ4n) is 2.62. The van der Waals surface area contributed by atoms with Crippen molar-refractivity contribution in [3.8, 4) is 0 Å². The molecule has 0 fully saturated rings. The summed E-state index contributed by atoms with van der Waals surface area (Å²) in [7, 11) is 0. The highest BCUT2D eigenvalue weighted by Gasteiger charge is 2.15. The lowest BCUT2D eigenvalue weighted by Gasteiger charge is -2.21. The third kappa shape index (κ3) is 4.55. The van der Waals surface area contributed by atoms with Gasteiger partial charge in [-0.2, -0.15) is 0 Å². The lowest BCUT2D eigenvalue weighted by atomic mass is 9.96. The molecule has 1 atom stereocenters. The van der Waals surface area contributed by atoms with E-state index in [0.29, 0.717) is 0 Å². The van der Waals surface area contributed by atoms with Gasteiger partial charge >= 0.3 is 0 Å².